The molecule has 6 heteroatoms. The fourth-order valence-corrected chi connectivity index (χ4v) is 1.44. The van der Waals surface area contributed by atoms with Crippen LogP contribution in [0.3, 0.4) is 0 Å². The van der Waals surface area contributed by atoms with E-state index >= 15 is 0 Å². The molecule has 0 fully saturated rings. The molecule has 0 saturated carbocycles. The van der Waals surface area contributed by atoms with Crippen molar-refractivity contribution in [3.05, 3.63) is 29.2 Å². The van der Waals surface area contributed by atoms with Crippen molar-refractivity contribution in [3.63, 3.8) is 0 Å². The topological polar surface area (TPSA) is 83.3 Å². The molecular formula is C9H5ClN2O3. The summed E-state index contributed by atoms with van der Waals surface area (Å²) in [4.78, 5) is 18.3. The van der Waals surface area contributed by atoms with E-state index in [2.05, 4.69) is 9.97 Å². The highest BCUT2D eigenvalue weighted by Crippen LogP contribution is 2.29. The lowest BCUT2D eigenvalue weighted by molar-refractivity contribution is 0.0693. The Kier molecular flexibility index (Phi) is 2.17. The summed E-state index contributed by atoms with van der Waals surface area (Å²) < 4.78 is 0. The van der Waals surface area contributed by atoms with Crippen molar-refractivity contribution in [1.82, 2.24) is 9.97 Å². The number of halogens is 1. The standard InChI is InChI=1S/C9H5ClN2O3/c10-8-6-4(1-2-11-8)7(13)5(3-12-6)9(14)15/h1-3H,(H,12,13)(H,14,15). The van der Waals surface area contributed by atoms with Gasteiger partial charge in [0.1, 0.15) is 16.8 Å². The summed E-state index contributed by atoms with van der Waals surface area (Å²) >= 11 is 5.73. The molecule has 0 spiro atoms. The first-order valence-corrected chi connectivity index (χ1v) is 4.34. The van der Waals surface area contributed by atoms with Crippen LogP contribution in [0.1, 0.15) is 10.4 Å². The number of aromatic hydroxyl groups is 1. The first-order valence-electron chi connectivity index (χ1n) is 3.96. The Balaban J connectivity index is 2.86. The molecule has 0 aliphatic heterocycles. The van der Waals surface area contributed by atoms with Crippen LogP contribution in [0, 0.1) is 0 Å². The average molecular weight is 225 g/mol. The number of rotatable bonds is 1. The van der Waals surface area contributed by atoms with Crippen LogP contribution >= 0.6 is 11.6 Å². The molecular weight excluding hydrogens is 220 g/mol. The highest BCUT2D eigenvalue weighted by molar-refractivity contribution is 6.34. The third-order valence-corrected chi connectivity index (χ3v) is 2.22. The highest BCUT2D eigenvalue weighted by Gasteiger charge is 2.14. The average Bonchev–Trinajstić information content (AvgIpc) is 2.19. The minimum atomic E-state index is -1.24. The minimum Gasteiger partial charge on any atom is -0.506 e. The number of carboxylic acid groups (broad SMARTS) is 1. The Bertz CT molecular complexity index is 556. The van der Waals surface area contributed by atoms with E-state index in [1.165, 1.54) is 12.3 Å². The fourth-order valence-electron chi connectivity index (χ4n) is 1.23. The van der Waals surface area contributed by atoms with Crippen LogP contribution in [0.5, 0.6) is 5.75 Å². The molecule has 2 rings (SSSR count). The summed E-state index contributed by atoms with van der Waals surface area (Å²) in [6, 6.07) is 1.45. The van der Waals surface area contributed by atoms with Crippen molar-refractivity contribution in [3.8, 4) is 5.75 Å². The molecule has 0 aromatic carbocycles. The van der Waals surface area contributed by atoms with Crippen molar-refractivity contribution in [2.75, 3.05) is 0 Å². The van der Waals surface area contributed by atoms with Gasteiger partial charge in [-0.1, -0.05) is 11.6 Å². The summed E-state index contributed by atoms with van der Waals surface area (Å²) in [6.45, 7) is 0. The molecule has 2 N–H and O–H groups in total. The number of aromatic nitrogens is 2. The normalized spacial score (nSPS) is 10.5. The summed E-state index contributed by atoms with van der Waals surface area (Å²) in [5, 5.41) is 18.8. The van der Waals surface area contributed by atoms with Gasteiger partial charge >= 0.3 is 5.97 Å². The summed E-state index contributed by atoms with van der Waals surface area (Å²) in [7, 11) is 0. The van der Waals surface area contributed by atoms with E-state index < -0.39 is 5.97 Å². The van der Waals surface area contributed by atoms with Crippen LogP contribution in [0.4, 0.5) is 0 Å². The molecule has 0 radical (unpaired) electrons. The molecule has 0 amide bonds. The number of hydrogen-bond acceptors (Lipinski definition) is 4. The molecule has 0 aliphatic rings. The number of nitrogens with zero attached hydrogens (tertiary/aromatic N) is 2. The molecule has 2 aromatic heterocycles. The number of carboxylic acids is 1. The molecule has 2 aromatic rings. The van der Waals surface area contributed by atoms with Gasteiger partial charge in [-0.3, -0.25) is 4.98 Å². The second-order valence-corrected chi connectivity index (χ2v) is 3.18. The van der Waals surface area contributed by atoms with E-state index in [1.54, 1.807) is 0 Å². The van der Waals surface area contributed by atoms with Gasteiger partial charge in [-0.05, 0) is 6.07 Å². The van der Waals surface area contributed by atoms with Gasteiger partial charge in [0.2, 0.25) is 0 Å². The smallest absolute Gasteiger partial charge is 0.341 e. The SMILES string of the molecule is O=C(O)c1cnc2c(Cl)nccc2c1O. The van der Waals surface area contributed by atoms with Gasteiger partial charge in [0.25, 0.3) is 0 Å². The monoisotopic (exact) mass is 224 g/mol. The fraction of sp³-hybridized carbons (Fsp3) is 0. The van der Waals surface area contributed by atoms with Crippen LogP contribution in [-0.4, -0.2) is 26.2 Å². The van der Waals surface area contributed by atoms with E-state index in [-0.39, 0.29) is 27.4 Å². The molecule has 15 heavy (non-hydrogen) atoms. The van der Waals surface area contributed by atoms with E-state index in [9.17, 15) is 9.90 Å². The second kappa shape index (κ2) is 3.36. The lowest BCUT2D eigenvalue weighted by Crippen LogP contribution is -1.98. The summed E-state index contributed by atoms with van der Waals surface area (Å²) in [6.07, 6.45) is 2.42. The van der Waals surface area contributed by atoms with Crippen molar-refractivity contribution in [1.29, 1.82) is 0 Å². The molecule has 0 unspecified atom stereocenters. The van der Waals surface area contributed by atoms with Gasteiger partial charge in [-0.2, -0.15) is 0 Å². The quantitative estimate of drug-likeness (QED) is 0.720. The van der Waals surface area contributed by atoms with Crippen LogP contribution in [-0.2, 0) is 0 Å². The largest absolute Gasteiger partial charge is 0.506 e. The van der Waals surface area contributed by atoms with Crippen molar-refractivity contribution in [2.45, 2.75) is 0 Å². The Morgan fingerprint density at radius 3 is 2.80 bits per heavy atom. The predicted molar refractivity (Wildman–Crippen MR) is 53.2 cm³/mol. The van der Waals surface area contributed by atoms with E-state index in [0.717, 1.165) is 6.20 Å². The van der Waals surface area contributed by atoms with Gasteiger partial charge < -0.3 is 10.2 Å². The number of fused-ring (bicyclic) bond motifs is 1. The Morgan fingerprint density at radius 2 is 2.13 bits per heavy atom. The summed E-state index contributed by atoms with van der Waals surface area (Å²) in [5.74, 6) is -1.59. The van der Waals surface area contributed by atoms with Gasteiger partial charge in [-0.15, -0.1) is 0 Å². The molecule has 2 heterocycles. The maximum Gasteiger partial charge on any atom is 0.341 e. The van der Waals surface area contributed by atoms with Crippen molar-refractivity contribution >= 4 is 28.5 Å². The van der Waals surface area contributed by atoms with Crippen LogP contribution < -0.4 is 0 Å². The zero-order valence-corrected chi connectivity index (χ0v) is 8.06. The Morgan fingerprint density at radius 1 is 1.40 bits per heavy atom. The lowest BCUT2D eigenvalue weighted by atomic mass is 10.1. The zero-order valence-electron chi connectivity index (χ0n) is 7.31. The first kappa shape index (κ1) is 9.67. The Hall–Kier alpha value is -1.88. The van der Waals surface area contributed by atoms with Crippen molar-refractivity contribution < 1.29 is 15.0 Å². The van der Waals surface area contributed by atoms with Gasteiger partial charge in [0.05, 0.1) is 0 Å². The van der Waals surface area contributed by atoms with E-state index in [4.69, 9.17) is 16.7 Å². The molecule has 0 bridgehead atoms. The molecule has 0 saturated heterocycles. The zero-order chi connectivity index (χ0) is 11.0. The van der Waals surface area contributed by atoms with Gasteiger partial charge in [-0.25, -0.2) is 9.78 Å². The maximum atomic E-state index is 10.7. The van der Waals surface area contributed by atoms with Gasteiger partial charge in [0.15, 0.2) is 5.15 Å². The molecule has 5 nitrogen and oxygen atoms in total. The van der Waals surface area contributed by atoms with Gasteiger partial charge in [0, 0.05) is 17.8 Å². The van der Waals surface area contributed by atoms with Crippen LogP contribution in [0.25, 0.3) is 10.9 Å². The number of aromatic carboxylic acids is 1. The second-order valence-electron chi connectivity index (χ2n) is 2.82. The molecule has 0 aliphatic carbocycles. The van der Waals surface area contributed by atoms with Crippen LogP contribution in [0.15, 0.2) is 18.5 Å². The number of hydrogen-bond donors (Lipinski definition) is 2. The Labute approximate surface area is 89.0 Å². The predicted octanol–water partition coefficient (Wildman–Crippen LogP) is 1.69. The van der Waals surface area contributed by atoms with E-state index in [0.29, 0.717) is 0 Å². The third kappa shape index (κ3) is 1.46. The maximum absolute atomic E-state index is 10.7. The van der Waals surface area contributed by atoms with E-state index in [1.807, 2.05) is 0 Å². The molecule has 0 atom stereocenters. The number of carbonyl (C=O) groups is 1. The van der Waals surface area contributed by atoms with Crippen molar-refractivity contribution in [2.24, 2.45) is 0 Å². The minimum absolute atomic E-state index is 0.125. The first-order chi connectivity index (χ1) is 7.11. The number of pyridine rings is 2. The third-order valence-electron chi connectivity index (χ3n) is 1.94. The highest BCUT2D eigenvalue weighted by atomic mass is 35.5. The molecule has 76 valence electrons. The summed E-state index contributed by atoms with van der Waals surface area (Å²) in [5.41, 5.74) is 0.0198. The lowest BCUT2D eigenvalue weighted by Gasteiger charge is -2.03. The van der Waals surface area contributed by atoms with Crippen LogP contribution in [0.2, 0.25) is 5.15 Å².